The van der Waals surface area contributed by atoms with E-state index in [-0.39, 0.29) is 12.1 Å². The molecule has 11 heavy (non-hydrogen) atoms. The van der Waals surface area contributed by atoms with Crippen LogP contribution in [0.3, 0.4) is 0 Å². The van der Waals surface area contributed by atoms with Gasteiger partial charge in [0.15, 0.2) is 0 Å². The Labute approximate surface area is 68.2 Å². The van der Waals surface area contributed by atoms with Crippen molar-refractivity contribution in [3.05, 3.63) is 12.2 Å². The van der Waals surface area contributed by atoms with Gasteiger partial charge in [-0.25, -0.2) is 0 Å². The summed E-state index contributed by atoms with van der Waals surface area (Å²) in [6.07, 6.45) is 5.72. The Kier molecular flexibility index (Phi) is 5.53. The van der Waals surface area contributed by atoms with Crippen molar-refractivity contribution in [2.45, 2.75) is 39.7 Å². The maximum Gasteiger partial charge on any atom is 0.303 e. The molecule has 0 aliphatic heterocycles. The van der Waals surface area contributed by atoms with Gasteiger partial charge in [-0.3, -0.25) is 4.79 Å². The quantitative estimate of drug-likeness (QED) is 0.461. The molecule has 0 aliphatic carbocycles. The molecule has 0 rings (SSSR count). The number of carbonyl (C=O) groups excluding carboxylic acids is 1. The van der Waals surface area contributed by atoms with Gasteiger partial charge >= 0.3 is 5.97 Å². The topological polar surface area (TPSA) is 26.3 Å². The highest BCUT2D eigenvalue weighted by Crippen LogP contribution is 2.03. The van der Waals surface area contributed by atoms with Crippen molar-refractivity contribution < 1.29 is 9.53 Å². The van der Waals surface area contributed by atoms with E-state index < -0.39 is 0 Å². The van der Waals surface area contributed by atoms with Crippen molar-refractivity contribution in [2.75, 3.05) is 0 Å². The van der Waals surface area contributed by atoms with Crippen LogP contribution < -0.4 is 0 Å². The maximum atomic E-state index is 10.5. The van der Waals surface area contributed by atoms with Gasteiger partial charge in [0.05, 0.1) is 0 Å². The highest BCUT2D eigenvalue weighted by molar-refractivity contribution is 5.66. The van der Waals surface area contributed by atoms with Crippen LogP contribution in [0.25, 0.3) is 0 Å². The number of carbonyl (C=O) groups is 1. The lowest BCUT2D eigenvalue weighted by molar-refractivity contribution is -0.144. The molecular formula is C9H16O2. The Balaban J connectivity index is 3.78. The predicted octanol–water partition coefficient (Wildman–Crippen LogP) is 2.29. The van der Waals surface area contributed by atoms with E-state index >= 15 is 0 Å². The zero-order valence-corrected chi connectivity index (χ0v) is 7.46. The van der Waals surface area contributed by atoms with Gasteiger partial charge in [0.1, 0.15) is 6.10 Å². The van der Waals surface area contributed by atoms with E-state index in [4.69, 9.17) is 4.74 Å². The van der Waals surface area contributed by atoms with Crippen LogP contribution in [-0.4, -0.2) is 12.1 Å². The summed E-state index contributed by atoms with van der Waals surface area (Å²) in [5.41, 5.74) is 0. The van der Waals surface area contributed by atoms with Gasteiger partial charge in [-0.1, -0.05) is 19.4 Å². The molecule has 0 aromatic rings. The van der Waals surface area contributed by atoms with Crippen molar-refractivity contribution >= 4 is 5.97 Å². The summed E-state index contributed by atoms with van der Waals surface area (Å²) < 4.78 is 5.01. The summed E-state index contributed by atoms with van der Waals surface area (Å²) in [6, 6.07) is 0. The zero-order valence-electron chi connectivity index (χ0n) is 7.46. The van der Waals surface area contributed by atoms with Crippen molar-refractivity contribution in [2.24, 2.45) is 0 Å². The smallest absolute Gasteiger partial charge is 0.303 e. The molecule has 0 saturated heterocycles. The third-order valence-corrected chi connectivity index (χ3v) is 1.30. The standard InChI is InChI=1S/C9H16O2/c1-4-6-9(7-5-2)11-8(3)10/h4,6,9H,5,7H2,1-3H3/b6-4+. The monoisotopic (exact) mass is 156 g/mol. The fraction of sp³-hybridized carbons (Fsp3) is 0.667. The fourth-order valence-corrected chi connectivity index (χ4v) is 0.907. The molecule has 0 spiro atoms. The summed E-state index contributed by atoms with van der Waals surface area (Å²) in [6.45, 7) is 5.43. The zero-order chi connectivity index (χ0) is 8.69. The van der Waals surface area contributed by atoms with E-state index in [9.17, 15) is 4.79 Å². The minimum Gasteiger partial charge on any atom is -0.458 e. The Hall–Kier alpha value is -0.790. The molecule has 2 heteroatoms. The third kappa shape index (κ3) is 5.64. The average Bonchev–Trinajstić information content (AvgIpc) is 1.87. The first-order valence-electron chi connectivity index (χ1n) is 4.00. The molecule has 0 fully saturated rings. The molecule has 0 radical (unpaired) electrons. The molecule has 0 aliphatic rings. The number of rotatable bonds is 4. The van der Waals surface area contributed by atoms with E-state index in [1.807, 2.05) is 19.1 Å². The van der Waals surface area contributed by atoms with Gasteiger partial charge in [-0.2, -0.15) is 0 Å². The summed E-state index contributed by atoms with van der Waals surface area (Å²) in [5, 5.41) is 0. The van der Waals surface area contributed by atoms with Gasteiger partial charge in [0.25, 0.3) is 0 Å². The summed E-state index contributed by atoms with van der Waals surface area (Å²) in [5.74, 6) is -0.207. The third-order valence-electron chi connectivity index (χ3n) is 1.30. The van der Waals surface area contributed by atoms with Crippen molar-refractivity contribution in [1.82, 2.24) is 0 Å². The summed E-state index contributed by atoms with van der Waals surface area (Å²) in [4.78, 5) is 10.5. The van der Waals surface area contributed by atoms with Gasteiger partial charge in [0, 0.05) is 6.92 Å². The van der Waals surface area contributed by atoms with E-state index in [0.717, 1.165) is 12.8 Å². The molecule has 64 valence electrons. The van der Waals surface area contributed by atoms with Crippen LogP contribution in [0.5, 0.6) is 0 Å². The van der Waals surface area contributed by atoms with Gasteiger partial charge in [-0.15, -0.1) is 0 Å². The van der Waals surface area contributed by atoms with Crippen molar-refractivity contribution in [3.8, 4) is 0 Å². The normalized spacial score (nSPS) is 13.4. The molecule has 0 N–H and O–H groups in total. The number of allylic oxidation sites excluding steroid dienone is 1. The molecule has 1 atom stereocenters. The number of ether oxygens (including phenoxy) is 1. The predicted molar refractivity (Wildman–Crippen MR) is 45.3 cm³/mol. The second-order valence-electron chi connectivity index (χ2n) is 2.46. The molecule has 0 aromatic heterocycles. The first-order chi connectivity index (χ1) is 5.20. The fourth-order valence-electron chi connectivity index (χ4n) is 0.907. The van der Waals surface area contributed by atoms with Crippen LogP contribution in [0.15, 0.2) is 12.2 Å². The highest BCUT2D eigenvalue weighted by atomic mass is 16.5. The van der Waals surface area contributed by atoms with Gasteiger partial charge in [0.2, 0.25) is 0 Å². The molecule has 0 saturated carbocycles. The molecule has 1 unspecified atom stereocenters. The van der Waals surface area contributed by atoms with E-state index in [1.54, 1.807) is 0 Å². The minimum atomic E-state index is -0.207. The molecule has 0 bridgehead atoms. The Morgan fingerprint density at radius 2 is 2.27 bits per heavy atom. The average molecular weight is 156 g/mol. The SMILES string of the molecule is C/C=C/C(CCC)OC(C)=O. The van der Waals surface area contributed by atoms with Crippen molar-refractivity contribution in [3.63, 3.8) is 0 Å². The Morgan fingerprint density at radius 3 is 2.64 bits per heavy atom. The summed E-state index contributed by atoms with van der Waals surface area (Å²) in [7, 11) is 0. The van der Waals surface area contributed by atoms with Crippen LogP contribution >= 0.6 is 0 Å². The summed E-state index contributed by atoms with van der Waals surface area (Å²) >= 11 is 0. The second-order valence-corrected chi connectivity index (χ2v) is 2.46. The van der Waals surface area contributed by atoms with Crippen molar-refractivity contribution in [1.29, 1.82) is 0 Å². The minimum absolute atomic E-state index is 0.0255. The first kappa shape index (κ1) is 10.2. The van der Waals surface area contributed by atoms with E-state index in [2.05, 4.69) is 6.92 Å². The van der Waals surface area contributed by atoms with Crippen LogP contribution in [-0.2, 0) is 9.53 Å². The lowest BCUT2D eigenvalue weighted by Gasteiger charge is -2.10. The van der Waals surface area contributed by atoms with E-state index in [0.29, 0.717) is 0 Å². The molecule has 0 aromatic carbocycles. The lowest BCUT2D eigenvalue weighted by Crippen LogP contribution is -2.12. The molecule has 2 nitrogen and oxygen atoms in total. The molecular weight excluding hydrogens is 140 g/mol. The second kappa shape index (κ2) is 5.96. The van der Waals surface area contributed by atoms with Gasteiger partial charge < -0.3 is 4.74 Å². The Morgan fingerprint density at radius 1 is 1.64 bits per heavy atom. The van der Waals surface area contributed by atoms with Crippen LogP contribution in [0.2, 0.25) is 0 Å². The Bertz CT molecular complexity index is 138. The van der Waals surface area contributed by atoms with E-state index in [1.165, 1.54) is 6.92 Å². The van der Waals surface area contributed by atoms with Crippen LogP contribution in [0.1, 0.15) is 33.6 Å². The molecule has 0 amide bonds. The number of hydrogen-bond acceptors (Lipinski definition) is 2. The first-order valence-corrected chi connectivity index (χ1v) is 4.00. The van der Waals surface area contributed by atoms with Crippen LogP contribution in [0.4, 0.5) is 0 Å². The van der Waals surface area contributed by atoms with Gasteiger partial charge in [-0.05, 0) is 19.4 Å². The maximum absolute atomic E-state index is 10.5. The van der Waals surface area contributed by atoms with Crippen LogP contribution in [0, 0.1) is 0 Å². The number of esters is 1. The number of hydrogen-bond donors (Lipinski definition) is 0. The largest absolute Gasteiger partial charge is 0.458 e. The lowest BCUT2D eigenvalue weighted by atomic mass is 10.2. The highest BCUT2D eigenvalue weighted by Gasteiger charge is 2.04. The molecule has 0 heterocycles.